The summed E-state index contributed by atoms with van der Waals surface area (Å²) in [6.07, 6.45) is 1.57. The van der Waals surface area contributed by atoms with Gasteiger partial charge in [-0.1, -0.05) is 13.0 Å². The van der Waals surface area contributed by atoms with Crippen LogP contribution in [0.15, 0.2) is 17.5 Å². The van der Waals surface area contributed by atoms with Crippen LogP contribution in [-0.2, 0) is 11.2 Å². The maximum Gasteiger partial charge on any atom is 0.236 e. The van der Waals surface area contributed by atoms with Gasteiger partial charge in [-0.3, -0.25) is 4.79 Å². The van der Waals surface area contributed by atoms with E-state index in [2.05, 4.69) is 11.4 Å². The van der Waals surface area contributed by atoms with Crippen molar-refractivity contribution in [1.29, 1.82) is 0 Å². The lowest BCUT2D eigenvalue weighted by Gasteiger charge is -2.08. The standard InChI is InChI=1S/C10H16N2OS/c1-2-9(11)10(13)12-6-5-8-4-3-7-14-8/h3-4,7,9H,2,5-6,11H2,1H3,(H,12,13)/t9-/m0/s1. The molecule has 1 aromatic heterocycles. The maximum atomic E-state index is 11.3. The van der Waals surface area contributed by atoms with Crippen LogP contribution in [0, 0.1) is 0 Å². The molecule has 0 aliphatic rings. The Balaban J connectivity index is 2.18. The minimum Gasteiger partial charge on any atom is -0.354 e. The van der Waals surface area contributed by atoms with Gasteiger partial charge < -0.3 is 11.1 Å². The second-order valence-corrected chi connectivity index (χ2v) is 4.17. The fourth-order valence-corrected chi connectivity index (χ4v) is 1.79. The average molecular weight is 212 g/mol. The number of nitrogens with one attached hydrogen (secondary N) is 1. The predicted molar refractivity (Wildman–Crippen MR) is 59.3 cm³/mol. The predicted octanol–water partition coefficient (Wildman–Crippen LogP) is 1.14. The van der Waals surface area contributed by atoms with Crippen LogP contribution in [0.1, 0.15) is 18.2 Å². The average Bonchev–Trinajstić information content (AvgIpc) is 2.69. The Kier molecular flexibility index (Phi) is 4.62. The van der Waals surface area contributed by atoms with Crippen LogP contribution in [0.25, 0.3) is 0 Å². The Hall–Kier alpha value is -0.870. The lowest BCUT2D eigenvalue weighted by molar-refractivity contribution is -0.122. The zero-order chi connectivity index (χ0) is 10.4. The van der Waals surface area contributed by atoms with Gasteiger partial charge in [0.15, 0.2) is 0 Å². The van der Waals surface area contributed by atoms with Crippen molar-refractivity contribution in [2.45, 2.75) is 25.8 Å². The minimum atomic E-state index is -0.363. The molecule has 1 rings (SSSR count). The van der Waals surface area contributed by atoms with Gasteiger partial charge >= 0.3 is 0 Å². The van der Waals surface area contributed by atoms with Crippen molar-refractivity contribution in [3.8, 4) is 0 Å². The van der Waals surface area contributed by atoms with Crippen molar-refractivity contribution in [3.05, 3.63) is 22.4 Å². The summed E-state index contributed by atoms with van der Waals surface area (Å²) < 4.78 is 0. The third-order valence-corrected chi connectivity index (χ3v) is 2.96. The molecule has 1 heterocycles. The van der Waals surface area contributed by atoms with Crippen LogP contribution < -0.4 is 11.1 Å². The van der Waals surface area contributed by atoms with Crippen LogP contribution in [0.2, 0.25) is 0 Å². The number of nitrogens with two attached hydrogens (primary N) is 1. The minimum absolute atomic E-state index is 0.0518. The second-order valence-electron chi connectivity index (χ2n) is 3.14. The molecule has 0 aliphatic carbocycles. The van der Waals surface area contributed by atoms with Crippen molar-refractivity contribution in [1.82, 2.24) is 5.32 Å². The quantitative estimate of drug-likeness (QED) is 0.769. The third-order valence-electron chi connectivity index (χ3n) is 2.03. The van der Waals surface area contributed by atoms with Crippen LogP contribution in [0.3, 0.4) is 0 Å². The molecule has 0 aliphatic heterocycles. The number of hydrogen-bond acceptors (Lipinski definition) is 3. The van der Waals surface area contributed by atoms with Gasteiger partial charge in [-0.15, -0.1) is 11.3 Å². The van der Waals surface area contributed by atoms with Gasteiger partial charge in [0, 0.05) is 11.4 Å². The number of hydrogen-bond donors (Lipinski definition) is 2. The molecule has 0 fully saturated rings. The van der Waals surface area contributed by atoms with E-state index < -0.39 is 0 Å². The van der Waals surface area contributed by atoms with E-state index in [9.17, 15) is 4.79 Å². The van der Waals surface area contributed by atoms with E-state index in [-0.39, 0.29) is 11.9 Å². The Labute approximate surface area is 88.3 Å². The molecular formula is C10H16N2OS. The second kappa shape index (κ2) is 5.78. The fourth-order valence-electron chi connectivity index (χ4n) is 1.08. The normalized spacial score (nSPS) is 12.4. The van der Waals surface area contributed by atoms with Crippen LogP contribution in [-0.4, -0.2) is 18.5 Å². The first-order valence-electron chi connectivity index (χ1n) is 4.79. The first-order chi connectivity index (χ1) is 6.74. The summed E-state index contributed by atoms with van der Waals surface area (Å²) in [4.78, 5) is 12.6. The topological polar surface area (TPSA) is 55.1 Å². The number of rotatable bonds is 5. The van der Waals surface area contributed by atoms with E-state index in [0.717, 1.165) is 6.42 Å². The molecular weight excluding hydrogens is 196 g/mol. The highest BCUT2D eigenvalue weighted by atomic mass is 32.1. The number of carbonyl (C=O) groups excluding carboxylic acids is 1. The highest BCUT2D eigenvalue weighted by Crippen LogP contribution is 2.07. The smallest absolute Gasteiger partial charge is 0.236 e. The molecule has 3 nitrogen and oxygen atoms in total. The molecule has 1 amide bonds. The maximum absolute atomic E-state index is 11.3. The molecule has 0 aromatic carbocycles. The first kappa shape index (κ1) is 11.2. The largest absolute Gasteiger partial charge is 0.354 e. The molecule has 78 valence electrons. The first-order valence-corrected chi connectivity index (χ1v) is 5.67. The summed E-state index contributed by atoms with van der Waals surface area (Å²) >= 11 is 1.71. The van der Waals surface area contributed by atoms with Crippen LogP contribution >= 0.6 is 11.3 Å². The van der Waals surface area contributed by atoms with Gasteiger partial charge in [0.05, 0.1) is 6.04 Å². The molecule has 0 radical (unpaired) electrons. The van der Waals surface area contributed by atoms with Crippen molar-refractivity contribution in [2.75, 3.05) is 6.54 Å². The SMILES string of the molecule is CC[C@H](N)C(=O)NCCc1cccs1. The van der Waals surface area contributed by atoms with E-state index >= 15 is 0 Å². The number of thiophene rings is 1. The van der Waals surface area contributed by atoms with E-state index in [0.29, 0.717) is 13.0 Å². The van der Waals surface area contributed by atoms with Crippen molar-refractivity contribution < 1.29 is 4.79 Å². The Morgan fingerprint density at radius 2 is 2.50 bits per heavy atom. The summed E-state index contributed by atoms with van der Waals surface area (Å²) in [6.45, 7) is 2.58. The summed E-state index contributed by atoms with van der Waals surface area (Å²) in [5.41, 5.74) is 5.57. The molecule has 0 spiro atoms. The van der Waals surface area contributed by atoms with Gasteiger partial charge in [0.1, 0.15) is 0 Å². The van der Waals surface area contributed by atoms with Crippen molar-refractivity contribution in [3.63, 3.8) is 0 Å². The van der Waals surface area contributed by atoms with Crippen molar-refractivity contribution >= 4 is 17.2 Å². The summed E-state index contributed by atoms with van der Waals surface area (Å²) in [5.74, 6) is -0.0518. The Morgan fingerprint density at radius 1 is 1.71 bits per heavy atom. The van der Waals surface area contributed by atoms with Gasteiger partial charge in [-0.05, 0) is 24.3 Å². The van der Waals surface area contributed by atoms with Crippen LogP contribution in [0.5, 0.6) is 0 Å². The molecule has 0 saturated heterocycles. The summed E-state index contributed by atoms with van der Waals surface area (Å²) in [5, 5.41) is 4.85. The number of amides is 1. The van der Waals surface area contributed by atoms with Crippen molar-refractivity contribution in [2.24, 2.45) is 5.73 Å². The highest BCUT2D eigenvalue weighted by molar-refractivity contribution is 7.09. The summed E-state index contributed by atoms with van der Waals surface area (Å²) in [6, 6.07) is 3.72. The van der Waals surface area contributed by atoms with Crippen LogP contribution in [0.4, 0.5) is 0 Å². The Morgan fingerprint density at radius 3 is 3.07 bits per heavy atom. The molecule has 1 atom stereocenters. The molecule has 14 heavy (non-hydrogen) atoms. The third kappa shape index (κ3) is 3.47. The molecule has 0 saturated carbocycles. The zero-order valence-corrected chi connectivity index (χ0v) is 9.14. The summed E-state index contributed by atoms with van der Waals surface area (Å²) in [7, 11) is 0. The monoisotopic (exact) mass is 212 g/mol. The van der Waals surface area contributed by atoms with Gasteiger partial charge in [0.25, 0.3) is 0 Å². The lowest BCUT2D eigenvalue weighted by Crippen LogP contribution is -2.40. The van der Waals surface area contributed by atoms with E-state index in [4.69, 9.17) is 5.73 Å². The highest BCUT2D eigenvalue weighted by Gasteiger charge is 2.09. The van der Waals surface area contributed by atoms with Gasteiger partial charge in [-0.25, -0.2) is 0 Å². The lowest BCUT2D eigenvalue weighted by atomic mass is 10.2. The molecule has 1 aromatic rings. The van der Waals surface area contributed by atoms with E-state index in [1.165, 1.54) is 4.88 Å². The van der Waals surface area contributed by atoms with E-state index in [1.54, 1.807) is 11.3 Å². The molecule has 0 unspecified atom stereocenters. The molecule has 0 bridgehead atoms. The van der Waals surface area contributed by atoms with Gasteiger partial charge in [0.2, 0.25) is 5.91 Å². The molecule has 4 heteroatoms. The Bertz CT molecular complexity index is 272. The van der Waals surface area contributed by atoms with E-state index in [1.807, 2.05) is 18.4 Å². The molecule has 3 N–H and O–H groups in total. The zero-order valence-electron chi connectivity index (χ0n) is 8.32. The fraction of sp³-hybridized carbons (Fsp3) is 0.500. The number of carbonyl (C=O) groups is 1. The van der Waals surface area contributed by atoms with Gasteiger partial charge in [-0.2, -0.15) is 0 Å².